The number of hydrogen-bond donors (Lipinski definition) is 1. The van der Waals surface area contributed by atoms with Crippen molar-refractivity contribution in [3.8, 4) is 11.5 Å². The van der Waals surface area contributed by atoms with Gasteiger partial charge in [-0.2, -0.15) is 0 Å². The molecule has 1 amide bonds. The van der Waals surface area contributed by atoms with Crippen molar-refractivity contribution in [1.29, 1.82) is 0 Å². The van der Waals surface area contributed by atoms with Gasteiger partial charge < -0.3 is 14.8 Å². The third kappa shape index (κ3) is 4.45. The molecule has 0 aliphatic rings. The normalized spacial score (nSPS) is 13.0. The van der Waals surface area contributed by atoms with Crippen LogP contribution in [0.5, 0.6) is 11.5 Å². The number of carbonyl (C=O) groups is 1. The van der Waals surface area contributed by atoms with Crippen LogP contribution in [-0.2, 0) is 4.79 Å². The van der Waals surface area contributed by atoms with Gasteiger partial charge in [-0.05, 0) is 42.0 Å². The molecule has 28 heavy (non-hydrogen) atoms. The van der Waals surface area contributed by atoms with E-state index in [1.807, 2.05) is 73.7 Å². The summed E-state index contributed by atoms with van der Waals surface area (Å²) in [6.45, 7) is 4.02. The first-order valence-corrected chi connectivity index (χ1v) is 9.75. The molecule has 0 spiro atoms. The van der Waals surface area contributed by atoms with Crippen molar-refractivity contribution in [1.82, 2.24) is 5.32 Å². The second-order valence-electron chi connectivity index (χ2n) is 6.73. The minimum Gasteiger partial charge on any atom is -0.497 e. The van der Waals surface area contributed by atoms with Crippen molar-refractivity contribution in [2.45, 2.75) is 38.8 Å². The molecule has 0 saturated carbocycles. The molecule has 0 aliphatic carbocycles. The topological polar surface area (TPSA) is 47.6 Å². The van der Waals surface area contributed by atoms with Crippen LogP contribution in [-0.4, -0.2) is 19.1 Å². The van der Waals surface area contributed by atoms with Crippen LogP contribution in [0.4, 0.5) is 0 Å². The molecule has 0 aliphatic heterocycles. The fourth-order valence-corrected chi connectivity index (χ4v) is 3.30. The number of rotatable bonds is 8. The lowest BCUT2D eigenvalue weighted by Crippen LogP contribution is -2.40. The highest BCUT2D eigenvalue weighted by Crippen LogP contribution is 2.27. The highest BCUT2D eigenvalue weighted by molar-refractivity contribution is 5.89. The second kappa shape index (κ2) is 9.27. The zero-order chi connectivity index (χ0) is 19.9. The Balaban J connectivity index is 1.74. The summed E-state index contributed by atoms with van der Waals surface area (Å²) in [5.74, 6) is 1.44. The lowest BCUT2D eigenvalue weighted by molar-refractivity contribution is -0.128. The highest BCUT2D eigenvalue weighted by atomic mass is 16.5. The van der Waals surface area contributed by atoms with E-state index in [9.17, 15) is 4.79 Å². The Labute approximate surface area is 166 Å². The predicted octanol–water partition coefficient (Wildman–Crippen LogP) is 5.27. The van der Waals surface area contributed by atoms with Crippen LogP contribution in [0, 0.1) is 0 Å². The Kier molecular flexibility index (Phi) is 6.53. The van der Waals surface area contributed by atoms with Crippen LogP contribution >= 0.6 is 0 Å². The number of methoxy groups -OCH3 is 1. The summed E-state index contributed by atoms with van der Waals surface area (Å²) in [5, 5.41) is 5.24. The molecule has 0 saturated heterocycles. The zero-order valence-electron chi connectivity index (χ0n) is 16.6. The van der Waals surface area contributed by atoms with Gasteiger partial charge in [-0.3, -0.25) is 4.79 Å². The maximum absolute atomic E-state index is 12.9. The minimum absolute atomic E-state index is 0.0661. The molecule has 4 heteroatoms. The summed E-state index contributed by atoms with van der Waals surface area (Å²) in [5.41, 5.74) is 1.05. The predicted molar refractivity (Wildman–Crippen MR) is 113 cm³/mol. The van der Waals surface area contributed by atoms with E-state index in [4.69, 9.17) is 9.47 Å². The van der Waals surface area contributed by atoms with E-state index in [2.05, 4.69) is 12.2 Å². The maximum atomic E-state index is 12.9. The average Bonchev–Trinajstić information content (AvgIpc) is 2.75. The highest BCUT2D eigenvalue weighted by Gasteiger charge is 2.22. The minimum atomic E-state index is -0.543. The number of carbonyl (C=O) groups excluding carboxylic acids is 1. The monoisotopic (exact) mass is 377 g/mol. The first-order chi connectivity index (χ1) is 13.7. The van der Waals surface area contributed by atoms with E-state index in [1.54, 1.807) is 7.11 Å². The number of hydrogen-bond acceptors (Lipinski definition) is 3. The van der Waals surface area contributed by atoms with Gasteiger partial charge in [0.05, 0.1) is 13.2 Å². The molecule has 3 aromatic carbocycles. The second-order valence-corrected chi connectivity index (χ2v) is 6.73. The van der Waals surface area contributed by atoms with Crippen molar-refractivity contribution in [2.24, 2.45) is 0 Å². The van der Waals surface area contributed by atoms with Gasteiger partial charge in [0.15, 0.2) is 6.10 Å². The molecule has 2 atom stereocenters. The number of benzene rings is 3. The van der Waals surface area contributed by atoms with Crippen LogP contribution in [0.2, 0.25) is 0 Å². The van der Waals surface area contributed by atoms with Gasteiger partial charge in [-0.1, -0.05) is 62.4 Å². The Hall–Kier alpha value is -3.01. The lowest BCUT2D eigenvalue weighted by Gasteiger charge is -2.23. The fourth-order valence-electron chi connectivity index (χ4n) is 3.30. The van der Waals surface area contributed by atoms with E-state index in [0.717, 1.165) is 34.3 Å². The fraction of sp³-hybridized carbons (Fsp3) is 0.292. The Morgan fingerprint density at radius 2 is 1.64 bits per heavy atom. The van der Waals surface area contributed by atoms with E-state index < -0.39 is 6.10 Å². The average molecular weight is 377 g/mol. The summed E-state index contributed by atoms with van der Waals surface area (Å²) < 4.78 is 11.3. The smallest absolute Gasteiger partial charge is 0.261 e. The standard InChI is InChI=1S/C24H27NO3/c1-4-21(18-13-15-19(27-3)16-14-18)25-24(26)22(5-2)28-23-12-8-10-17-9-6-7-11-20(17)23/h6-16,21-22H,4-5H2,1-3H3,(H,25,26)/t21-,22-/m0/s1. The van der Waals surface area contributed by atoms with E-state index in [0.29, 0.717) is 6.42 Å². The van der Waals surface area contributed by atoms with E-state index in [1.165, 1.54) is 0 Å². The largest absolute Gasteiger partial charge is 0.497 e. The van der Waals surface area contributed by atoms with Gasteiger partial charge in [0.25, 0.3) is 5.91 Å². The van der Waals surface area contributed by atoms with Crippen molar-refractivity contribution in [2.75, 3.05) is 7.11 Å². The number of ether oxygens (including phenoxy) is 2. The van der Waals surface area contributed by atoms with Gasteiger partial charge in [-0.15, -0.1) is 0 Å². The summed E-state index contributed by atoms with van der Waals surface area (Å²) in [4.78, 5) is 12.9. The molecule has 0 radical (unpaired) electrons. The maximum Gasteiger partial charge on any atom is 0.261 e. The van der Waals surface area contributed by atoms with Gasteiger partial charge in [-0.25, -0.2) is 0 Å². The SMILES string of the molecule is CC[C@H](Oc1cccc2ccccc12)C(=O)N[C@@H](CC)c1ccc(OC)cc1. The first-order valence-electron chi connectivity index (χ1n) is 9.75. The van der Waals surface area contributed by atoms with Crippen LogP contribution in [0.3, 0.4) is 0 Å². The number of amides is 1. The summed E-state index contributed by atoms with van der Waals surface area (Å²) >= 11 is 0. The van der Waals surface area contributed by atoms with E-state index in [-0.39, 0.29) is 11.9 Å². The van der Waals surface area contributed by atoms with Crippen molar-refractivity contribution in [3.63, 3.8) is 0 Å². The van der Waals surface area contributed by atoms with Crippen molar-refractivity contribution in [3.05, 3.63) is 72.3 Å². The molecule has 0 aromatic heterocycles. The van der Waals surface area contributed by atoms with Crippen LogP contribution in [0.25, 0.3) is 10.8 Å². The lowest BCUT2D eigenvalue weighted by atomic mass is 10.0. The Morgan fingerprint density at radius 1 is 0.929 bits per heavy atom. The number of fused-ring (bicyclic) bond motifs is 1. The van der Waals surface area contributed by atoms with Crippen LogP contribution < -0.4 is 14.8 Å². The third-order valence-electron chi connectivity index (χ3n) is 4.92. The Morgan fingerprint density at radius 3 is 2.32 bits per heavy atom. The molecule has 3 aromatic rings. The van der Waals surface area contributed by atoms with Crippen LogP contribution in [0.15, 0.2) is 66.7 Å². The summed E-state index contributed by atoms with van der Waals surface area (Å²) in [6.07, 6.45) is 0.842. The molecule has 0 heterocycles. The third-order valence-corrected chi connectivity index (χ3v) is 4.92. The van der Waals surface area contributed by atoms with Gasteiger partial charge in [0.1, 0.15) is 11.5 Å². The summed E-state index contributed by atoms with van der Waals surface area (Å²) in [7, 11) is 1.64. The van der Waals surface area contributed by atoms with Crippen molar-refractivity contribution >= 4 is 16.7 Å². The molecule has 0 bridgehead atoms. The molecular formula is C24H27NO3. The molecule has 146 valence electrons. The van der Waals surface area contributed by atoms with Crippen LogP contribution in [0.1, 0.15) is 38.3 Å². The van der Waals surface area contributed by atoms with E-state index >= 15 is 0 Å². The molecular weight excluding hydrogens is 350 g/mol. The van der Waals surface area contributed by atoms with Gasteiger partial charge in [0, 0.05) is 5.39 Å². The molecule has 3 rings (SSSR count). The zero-order valence-corrected chi connectivity index (χ0v) is 16.6. The summed E-state index contributed by atoms with van der Waals surface area (Å²) in [6, 6.07) is 21.7. The van der Waals surface area contributed by atoms with Gasteiger partial charge >= 0.3 is 0 Å². The van der Waals surface area contributed by atoms with Crippen molar-refractivity contribution < 1.29 is 14.3 Å². The Bertz CT molecular complexity index is 915. The molecule has 4 nitrogen and oxygen atoms in total. The number of nitrogens with one attached hydrogen (secondary N) is 1. The quantitative estimate of drug-likeness (QED) is 0.581. The molecule has 0 fully saturated rings. The first kappa shape index (κ1) is 19.7. The molecule has 0 unspecified atom stereocenters. The van der Waals surface area contributed by atoms with Gasteiger partial charge in [0.2, 0.25) is 0 Å². The molecule has 1 N–H and O–H groups in total.